The smallest absolute Gasteiger partial charge is 0.339 e. The summed E-state index contributed by atoms with van der Waals surface area (Å²) in [6.45, 7) is 1.53. The van der Waals surface area contributed by atoms with Crippen LogP contribution in [0, 0.1) is 0 Å². The standard InChI is InChI=1S/C13H16N2O3S/c16-12(17)10-8-4-3-5-9(8)19-11(10)14-13(18)15-6-1-2-7-15/h1-7H2,(H,14,18)(H,16,17). The number of amides is 2. The van der Waals surface area contributed by atoms with Crippen LogP contribution in [-0.2, 0) is 12.8 Å². The third-order valence-corrected chi connectivity index (χ3v) is 4.96. The van der Waals surface area contributed by atoms with Gasteiger partial charge in [0.05, 0.1) is 5.56 Å². The summed E-state index contributed by atoms with van der Waals surface area (Å²) in [5, 5.41) is 12.6. The first-order chi connectivity index (χ1) is 9.16. The third kappa shape index (κ3) is 2.20. The minimum atomic E-state index is -0.934. The zero-order chi connectivity index (χ0) is 13.4. The van der Waals surface area contributed by atoms with Gasteiger partial charge in [-0.05, 0) is 37.7 Å². The fourth-order valence-electron chi connectivity index (χ4n) is 2.81. The number of carboxylic acids is 1. The van der Waals surface area contributed by atoms with Crippen molar-refractivity contribution in [1.29, 1.82) is 0 Å². The van der Waals surface area contributed by atoms with Gasteiger partial charge in [-0.15, -0.1) is 11.3 Å². The van der Waals surface area contributed by atoms with Crippen LogP contribution in [0.3, 0.4) is 0 Å². The summed E-state index contributed by atoms with van der Waals surface area (Å²) < 4.78 is 0. The maximum Gasteiger partial charge on any atom is 0.339 e. The lowest BCUT2D eigenvalue weighted by Crippen LogP contribution is -2.32. The number of carbonyl (C=O) groups is 2. The molecule has 102 valence electrons. The van der Waals surface area contributed by atoms with Crippen LogP contribution in [0.5, 0.6) is 0 Å². The van der Waals surface area contributed by atoms with Crippen molar-refractivity contribution in [2.45, 2.75) is 32.1 Å². The van der Waals surface area contributed by atoms with E-state index in [1.807, 2.05) is 0 Å². The maximum atomic E-state index is 12.0. The third-order valence-electron chi connectivity index (χ3n) is 3.75. The molecule has 6 heteroatoms. The highest BCUT2D eigenvalue weighted by Gasteiger charge is 2.28. The molecular weight excluding hydrogens is 264 g/mol. The molecule has 19 heavy (non-hydrogen) atoms. The number of likely N-dealkylation sites (tertiary alicyclic amines) is 1. The fraction of sp³-hybridized carbons (Fsp3) is 0.538. The number of thiophene rings is 1. The number of rotatable bonds is 2. The molecular formula is C13H16N2O3S. The number of nitrogens with zero attached hydrogens (tertiary/aromatic N) is 1. The topological polar surface area (TPSA) is 69.6 Å². The van der Waals surface area contributed by atoms with Crippen LogP contribution in [0.1, 0.15) is 40.1 Å². The number of urea groups is 1. The molecule has 2 aliphatic rings. The zero-order valence-corrected chi connectivity index (χ0v) is 11.4. The second-order valence-corrected chi connectivity index (χ2v) is 6.10. The molecule has 1 fully saturated rings. The zero-order valence-electron chi connectivity index (χ0n) is 10.6. The summed E-state index contributed by atoms with van der Waals surface area (Å²) in [7, 11) is 0. The molecule has 2 amide bonds. The van der Waals surface area contributed by atoms with E-state index in [1.54, 1.807) is 4.90 Å². The van der Waals surface area contributed by atoms with Crippen molar-refractivity contribution in [3.63, 3.8) is 0 Å². The average molecular weight is 280 g/mol. The molecule has 0 unspecified atom stereocenters. The number of carboxylic acid groups (broad SMARTS) is 1. The van der Waals surface area contributed by atoms with E-state index in [2.05, 4.69) is 5.32 Å². The lowest BCUT2D eigenvalue weighted by molar-refractivity contribution is 0.0697. The summed E-state index contributed by atoms with van der Waals surface area (Å²) >= 11 is 1.42. The van der Waals surface area contributed by atoms with E-state index < -0.39 is 5.97 Å². The maximum absolute atomic E-state index is 12.0. The Kier molecular flexibility index (Phi) is 3.18. The fourth-order valence-corrected chi connectivity index (χ4v) is 4.09. The van der Waals surface area contributed by atoms with Crippen LogP contribution >= 0.6 is 11.3 Å². The number of anilines is 1. The molecule has 5 nitrogen and oxygen atoms in total. The van der Waals surface area contributed by atoms with Gasteiger partial charge < -0.3 is 10.0 Å². The molecule has 0 radical (unpaired) electrons. The molecule has 0 atom stereocenters. The predicted octanol–water partition coefficient (Wildman–Crippen LogP) is 2.56. The van der Waals surface area contributed by atoms with Crippen LogP contribution in [0.25, 0.3) is 0 Å². The highest BCUT2D eigenvalue weighted by Crippen LogP contribution is 2.39. The Balaban J connectivity index is 1.84. The summed E-state index contributed by atoms with van der Waals surface area (Å²) in [5.74, 6) is -0.934. The Morgan fingerprint density at radius 2 is 1.89 bits per heavy atom. The van der Waals surface area contributed by atoms with Crippen LogP contribution in [0.2, 0.25) is 0 Å². The molecule has 0 aromatic carbocycles. The molecule has 0 bridgehead atoms. The van der Waals surface area contributed by atoms with Crippen molar-refractivity contribution >= 4 is 28.3 Å². The first-order valence-corrected chi connectivity index (χ1v) is 7.42. The van der Waals surface area contributed by atoms with Crippen molar-refractivity contribution in [2.24, 2.45) is 0 Å². The number of fused-ring (bicyclic) bond motifs is 1. The quantitative estimate of drug-likeness (QED) is 0.874. The van der Waals surface area contributed by atoms with Gasteiger partial charge in [0.1, 0.15) is 5.00 Å². The van der Waals surface area contributed by atoms with Crippen LogP contribution < -0.4 is 5.32 Å². The number of aromatic carboxylic acids is 1. The van der Waals surface area contributed by atoms with Crippen molar-refractivity contribution < 1.29 is 14.7 Å². The molecule has 1 saturated heterocycles. The van der Waals surface area contributed by atoms with Gasteiger partial charge in [-0.1, -0.05) is 0 Å². The molecule has 1 aliphatic heterocycles. The average Bonchev–Trinajstić information content (AvgIpc) is 3.03. The molecule has 2 N–H and O–H groups in total. The normalized spacial score (nSPS) is 17.6. The van der Waals surface area contributed by atoms with Gasteiger partial charge in [0, 0.05) is 18.0 Å². The Bertz CT molecular complexity index is 532. The molecule has 0 saturated carbocycles. The minimum Gasteiger partial charge on any atom is -0.478 e. The molecule has 1 aliphatic carbocycles. The van der Waals surface area contributed by atoms with E-state index in [0.717, 1.165) is 55.6 Å². The second-order valence-electron chi connectivity index (χ2n) is 4.99. The monoisotopic (exact) mass is 280 g/mol. The van der Waals surface area contributed by atoms with Crippen molar-refractivity contribution in [3.8, 4) is 0 Å². The molecule has 2 heterocycles. The van der Waals surface area contributed by atoms with E-state index in [4.69, 9.17) is 0 Å². The van der Waals surface area contributed by atoms with Gasteiger partial charge in [-0.25, -0.2) is 9.59 Å². The Hall–Kier alpha value is -1.56. The van der Waals surface area contributed by atoms with E-state index in [-0.39, 0.29) is 6.03 Å². The van der Waals surface area contributed by atoms with E-state index >= 15 is 0 Å². The van der Waals surface area contributed by atoms with Gasteiger partial charge in [0.2, 0.25) is 0 Å². The van der Waals surface area contributed by atoms with E-state index in [1.165, 1.54) is 11.3 Å². The Morgan fingerprint density at radius 1 is 1.16 bits per heavy atom. The highest BCUT2D eigenvalue weighted by atomic mass is 32.1. The minimum absolute atomic E-state index is 0.167. The highest BCUT2D eigenvalue weighted by molar-refractivity contribution is 7.17. The van der Waals surface area contributed by atoms with Crippen molar-refractivity contribution in [2.75, 3.05) is 18.4 Å². The van der Waals surface area contributed by atoms with Crippen molar-refractivity contribution in [1.82, 2.24) is 4.90 Å². The summed E-state index contributed by atoms with van der Waals surface area (Å²) in [5.41, 5.74) is 1.24. The van der Waals surface area contributed by atoms with Crippen LogP contribution in [0.4, 0.5) is 9.80 Å². The Morgan fingerprint density at radius 3 is 2.58 bits per heavy atom. The Labute approximate surface area is 115 Å². The largest absolute Gasteiger partial charge is 0.478 e. The summed E-state index contributed by atoms with van der Waals surface area (Å²) in [6.07, 6.45) is 4.81. The number of nitrogens with one attached hydrogen (secondary N) is 1. The first-order valence-electron chi connectivity index (χ1n) is 6.60. The van der Waals surface area contributed by atoms with E-state index in [9.17, 15) is 14.7 Å². The van der Waals surface area contributed by atoms with Crippen molar-refractivity contribution in [3.05, 3.63) is 16.0 Å². The van der Waals surface area contributed by atoms with Crippen LogP contribution in [0.15, 0.2) is 0 Å². The second kappa shape index (κ2) is 4.85. The lowest BCUT2D eigenvalue weighted by atomic mass is 10.1. The van der Waals surface area contributed by atoms with Crippen LogP contribution in [-0.4, -0.2) is 35.1 Å². The lowest BCUT2D eigenvalue weighted by Gasteiger charge is -2.15. The van der Waals surface area contributed by atoms with Gasteiger partial charge >= 0.3 is 12.0 Å². The SMILES string of the molecule is O=C(O)c1c(NC(=O)N2CCCC2)sc2c1CCC2. The van der Waals surface area contributed by atoms with E-state index in [0.29, 0.717) is 10.6 Å². The van der Waals surface area contributed by atoms with Gasteiger partial charge in [-0.2, -0.15) is 0 Å². The number of aryl methyl sites for hydroxylation is 1. The summed E-state index contributed by atoms with van der Waals surface area (Å²) in [6, 6.07) is -0.167. The predicted molar refractivity (Wildman–Crippen MR) is 73.1 cm³/mol. The first kappa shape index (κ1) is 12.5. The van der Waals surface area contributed by atoms with Gasteiger partial charge in [0.25, 0.3) is 0 Å². The molecule has 1 aromatic rings. The molecule has 3 rings (SSSR count). The van der Waals surface area contributed by atoms with Gasteiger partial charge in [-0.3, -0.25) is 5.32 Å². The number of hydrogen-bond donors (Lipinski definition) is 2. The summed E-state index contributed by atoms with van der Waals surface area (Å²) in [4.78, 5) is 26.3. The number of carbonyl (C=O) groups excluding carboxylic acids is 1. The molecule has 1 aromatic heterocycles. The number of hydrogen-bond acceptors (Lipinski definition) is 3. The van der Waals surface area contributed by atoms with Gasteiger partial charge in [0.15, 0.2) is 0 Å². The molecule has 0 spiro atoms.